The highest BCUT2D eigenvalue weighted by atomic mass is 19.4. The van der Waals surface area contributed by atoms with Crippen molar-refractivity contribution in [3.8, 4) is 5.75 Å². The van der Waals surface area contributed by atoms with Crippen LogP contribution < -0.4 is 4.74 Å². The Hall–Kier alpha value is -2.54. The van der Waals surface area contributed by atoms with E-state index in [0.717, 1.165) is 29.9 Å². The molecule has 2 aromatic carbocycles. The van der Waals surface area contributed by atoms with Gasteiger partial charge in [0.25, 0.3) is 5.91 Å². The molecule has 4 rings (SSSR count). The van der Waals surface area contributed by atoms with Crippen LogP contribution in [0.2, 0.25) is 0 Å². The Balaban J connectivity index is 1.51. The molecule has 0 N–H and O–H groups in total. The summed E-state index contributed by atoms with van der Waals surface area (Å²) in [6.45, 7) is 1.46. The van der Waals surface area contributed by atoms with Crippen LogP contribution in [0.5, 0.6) is 5.75 Å². The van der Waals surface area contributed by atoms with E-state index in [4.69, 9.17) is 9.47 Å². The number of rotatable bonds is 2. The van der Waals surface area contributed by atoms with Crippen LogP contribution in [0.4, 0.5) is 13.2 Å². The highest BCUT2D eigenvalue weighted by Gasteiger charge is 2.42. The van der Waals surface area contributed by atoms with Crippen LogP contribution in [0.1, 0.15) is 39.9 Å². The molecule has 154 valence electrons. The van der Waals surface area contributed by atoms with Gasteiger partial charge in [0.05, 0.1) is 24.9 Å². The number of alkyl halides is 3. The monoisotopic (exact) mass is 405 g/mol. The minimum absolute atomic E-state index is 0.0606. The molecule has 1 saturated heterocycles. The lowest BCUT2D eigenvalue weighted by Gasteiger charge is -2.45. The van der Waals surface area contributed by atoms with Gasteiger partial charge in [0.2, 0.25) is 0 Å². The van der Waals surface area contributed by atoms with Gasteiger partial charge >= 0.3 is 6.18 Å². The maximum Gasteiger partial charge on any atom is 0.416 e. The van der Waals surface area contributed by atoms with E-state index in [9.17, 15) is 18.0 Å². The topological polar surface area (TPSA) is 38.8 Å². The molecule has 0 atom stereocenters. The molecule has 0 aromatic heterocycles. The minimum Gasteiger partial charge on any atom is -0.497 e. The highest BCUT2D eigenvalue weighted by Crippen LogP contribution is 2.42. The normalized spacial score (nSPS) is 18.4. The van der Waals surface area contributed by atoms with Crippen molar-refractivity contribution in [3.63, 3.8) is 0 Å². The van der Waals surface area contributed by atoms with Gasteiger partial charge in [-0.3, -0.25) is 4.79 Å². The third kappa shape index (κ3) is 3.71. The lowest BCUT2D eigenvalue weighted by atomic mass is 9.79. The van der Waals surface area contributed by atoms with Crippen molar-refractivity contribution in [3.05, 3.63) is 64.7 Å². The van der Waals surface area contributed by atoms with Gasteiger partial charge in [0.15, 0.2) is 0 Å². The molecule has 0 saturated carbocycles. The maximum atomic E-state index is 13.0. The first kappa shape index (κ1) is 19.8. The molecular weight excluding hydrogens is 383 g/mol. The van der Waals surface area contributed by atoms with Crippen molar-refractivity contribution < 1.29 is 27.4 Å². The molecule has 0 bridgehead atoms. The number of carbonyl (C=O) groups excluding carboxylic acids is 1. The van der Waals surface area contributed by atoms with Gasteiger partial charge in [0, 0.05) is 18.7 Å². The van der Waals surface area contributed by atoms with Crippen molar-refractivity contribution >= 4 is 5.91 Å². The molecule has 0 radical (unpaired) electrons. The number of benzene rings is 2. The van der Waals surface area contributed by atoms with E-state index < -0.39 is 17.3 Å². The Kier molecular flexibility index (Phi) is 5.02. The highest BCUT2D eigenvalue weighted by molar-refractivity contribution is 5.94. The first-order valence-electron chi connectivity index (χ1n) is 9.60. The molecule has 2 aromatic rings. The first-order chi connectivity index (χ1) is 13.8. The summed E-state index contributed by atoms with van der Waals surface area (Å²) in [6.07, 6.45) is -2.45. The summed E-state index contributed by atoms with van der Waals surface area (Å²) in [5, 5.41) is 0. The zero-order valence-corrected chi connectivity index (χ0v) is 16.1. The summed E-state index contributed by atoms with van der Waals surface area (Å²) in [5.74, 6) is 0.426. The van der Waals surface area contributed by atoms with E-state index in [-0.39, 0.29) is 11.5 Å². The molecule has 29 heavy (non-hydrogen) atoms. The summed E-state index contributed by atoms with van der Waals surface area (Å²) in [5.41, 5.74) is 1.11. The van der Waals surface area contributed by atoms with Crippen molar-refractivity contribution in [2.24, 2.45) is 0 Å². The van der Waals surface area contributed by atoms with E-state index in [0.29, 0.717) is 32.5 Å². The lowest BCUT2D eigenvalue weighted by molar-refractivity contribution is -0.137. The zero-order chi connectivity index (χ0) is 20.6. The van der Waals surface area contributed by atoms with Gasteiger partial charge in [-0.15, -0.1) is 0 Å². The van der Waals surface area contributed by atoms with Gasteiger partial charge in [-0.25, -0.2) is 0 Å². The second kappa shape index (κ2) is 7.37. The predicted molar refractivity (Wildman–Crippen MR) is 101 cm³/mol. The third-order valence-electron chi connectivity index (χ3n) is 5.85. The molecular formula is C22H22F3NO3. The fraction of sp³-hybridized carbons (Fsp3) is 0.409. The number of halogens is 3. The SMILES string of the molecule is COc1ccc2c(c1)CCOC21CCN(C(=O)c2cccc(C(F)(F)F)c2)CC1. The average Bonchev–Trinajstić information content (AvgIpc) is 2.73. The molecule has 0 aliphatic carbocycles. The van der Waals surface area contributed by atoms with E-state index in [1.165, 1.54) is 17.7 Å². The number of carbonyl (C=O) groups is 1. The van der Waals surface area contributed by atoms with Gasteiger partial charge in [0.1, 0.15) is 5.75 Å². The number of ether oxygens (including phenoxy) is 2. The minimum atomic E-state index is -4.47. The van der Waals surface area contributed by atoms with E-state index in [2.05, 4.69) is 0 Å². The number of nitrogens with zero attached hydrogens (tertiary/aromatic N) is 1. The van der Waals surface area contributed by atoms with Crippen LogP contribution in [0.25, 0.3) is 0 Å². The van der Waals surface area contributed by atoms with Gasteiger partial charge in [-0.2, -0.15) is 13.2 Å². The summed E-state index contributed by atoms with van der Waals surface area (Å²) in [4.78, 5) is 14.4. The zero-order valence-electron chi connectivity index (χ0n) is 16.1. The van der Waals surface area contributed by atoms with Crippen LogP contribution in [0, 0.1) is 0 Å². The summed E-state index contributed by atoms with van der Waals surface area (Å²) >= 11 is 0. The standard InChI is InChI=1S/C22H22F3NO3/c1-28-18-5-6-19-15(14-18)7-12-29-21(19)8-10-26(11-9-21)20(27)16-3-2-4-17(13-16)22(23,24)25/h2-6,13-14H,7-12H2,1H3. The van der Waals surface area contributed by atoms with Crippen LogP contribution >= 0.6 is 0 Å². The number of likely N-dealkylation sites (tertiary alicyclic amines) is 1. The van der Waals surface area contributed by atoms with Crippen LogP contribution in [0.3, 0.4) is 0 Å². The van der Waals surface area contributed by atoms with E-state index in [1.54, 1.807) is 12.0 Å². The Morgan fingerprint density at radius 2 is 1.90 bits per heavy atom. The van der Waals surface area contributed by atoms with E-state index >= 15 is 0 Å². The van der Waals surface area contributed by atoms with Gasteiger partial charge in [-0.05, 0) is 60.7 Å². The Labute approximate surface area is 167 Å². The lowest BCUT2D eigenvalue weighted by Crippen LogP contribution is -2.48. The third-order valence-corrected chi connectivity index (χ3v) is 5.85. The second-order valence-electron chi connectivity index (χ2n) is 7.49. The second-order valence-corrected chi connectivity index (χ2v) is 7.49. The summed E-state index contributed by atoms with van der Waals surface area (Å²) in [6, 6.07) is 10.6. The van der Waals surface area contributed by atoms with Crippen LogP contribution in [-0.2, 0) is 22.9 Å². The molecule has 2 aliphatic heterocycles. The van der Waals surface area contributed by atoms with Crippen molar-refractivity contribution in [1.82, 2.24) is 4.90 Å². The first-order valence-corrected chi connectivity index (χ1v) is 9.60. The van der Waals surface area contributed by atoms with Crippen molar-refractivity contribution in [2.45, 2.75) is 31.0 Å². The molecule has 0 unspecified atom stereocenters. The molecule has 1 spiro atoms. The Morgan fingerprint density at radius 3 is 2.59 bits per heavy atom. The fourth-order valence-corrected chi connectivity index (χ4v) is 4.28. The van der Waals surface area contributed by atoms with Crippen LogP contribution in [-0.4, -0.2) is 37.6 Å². The van der Waals surface area contributed by atoms with Crippen LogP contribution in [0.15, 0.2) is 42.5 Å². The maximum absolute atomic E-state index is 13.0. The summed E-state index contributed by atoms with van der Waals surface area (Å²) < 4.78 is 50.4. The molecule has 2 heterocycles. The van der Waals surface area contributed by atoms with Gasteiger partial charge < -0.3 is 14.4 Å². The predicted octanol–water partition coefficient (Wildman–Crippen LogP) is 4.42. The number of hydrogen-bond acceptors (Lipinski definition) is 3. The molecule has 7 heteroatoms. The number of methoxy groups -OCH3 is 1. The number of amides is 1. The van der Waals surface area contributed by atoms with Crippen molar-refractivity contribution in [2.75, 3.05) is 26.8 Å². The number of hydrogen-bond donors (Lipinski definition) is 0. The smallest absolute Gasteiger partial charge is 0.416 e. The average molecular weight is 405 g/mol. The van der Waals surface area contributed by atoms with Gasteiger partial charge in [-0.1, -0.05) is 12.1 Å². The Bertz CT molecular complexity index is 918. The number of fused-ring (bicyclic) bond motifs is 2. The quantitative estimate of drug-likeness (QED) is 0.743. The molecule has 4 nitrogen and oxygen atoms in total. The Morgan fingerprint density at radius 1 is 1.14 bits per heavy atom. The molecule has 1 amide bonds. The number of piperidine rings is 1. The van der Waals surface area contributed by atoms with E-state index in [1.807, 2.05) is 18.2 Å². The van der Waals surface area contributed by atoms with Crippen molar-refractivity contribution in [1.29, 1.82) is 0 Å². The molecule has 1 fully saturated rings. The largest absolute Gasteiger partial charge is 0.497 e. The summed E-state index contributed by atoms with van der Waals surface area (Å²) in [7, 11) is 1.63. The molecule has 2 aliphatic rings. The fourth-order valence-electron chi connectivity index (χ4n) is 4.28.